The smallest absolute Gasteiger partial charge is 0.191 e. The maximum Gasteiger partial charge on any atom is 0.191 e. The van der Waals surface area contributed by atoms with Crippen molar-refractivity contribution in [1.82, 2.24) is 10.6 Å². The van der Waals surface area contributed by atoms with Gasteiger partial charge < -0.3 is 24.8 Å². The number of nitrogens with one attached hydrogen (secondary N) is 2. The van der Waals surface area contributed by atoms with Gasteiger partial charge in [0.2, 0.25) is 0 Å². The second-order valence-electron chi connectivity index (χ2n) is 6.76. The molecule has 2 rings (SSSR count). The Bertz CT molecular complexity index is 580. The van der Waals surface area contributed by atoms with Gasteiger partial charge in [0.25, 0.3) is 0 Å². The Hall–Kier alpha value is -1.50. The molecule has 1 atom stereocenters. The Morgan fingerprint density at radius 1 is 1.25 bits per heavy atom. The van der Waals surface area contributed by atoms with E-state index in [1.165, 1.54) is 0 Å². The van der Waals surface area contributed by atoms with Gasteiger partial charge in [0.05, 0.1) is 17.7 Å². The van der Waals surface area contributed by atoms with Gasteiger partial charge in [-0.2, -0.15) is 0 Å². The lowest BCUT2D eigenvalue weighted by atomic mass is 10.1. The molecule has 0 bridgehead atoms. The topological polar surface area (TPSA) is 64.1 Å². The molecule has 0 spiro atoms. The number of benzene rings is 1. The minimum atomic E-state index is -0.0211. The first-order valence-corrected chi connectivity index (χ1v) is 10.7. The molecule has 6 nitrogen and oxygen atoms in total. The number of para-hydroxylation sites is 1. The first-order chi connectivity index (χ1) is 13.7. The summed E-state index contributed by atoms with van der Waals surface area (Å²) in [5, 5.41) is 7.27. The molecule has 1 unspecified atom stereocenters. The number of hydrogen-bond donors (Lipinski definition) is 2. The molecule has 2 N–H and O–H groups in total. The molecule has 158 valence electrons. The van der Waals surface area contributed by atoms with Crippen molar-refractivity contribution >= 4 is 17.6 Å². The van der Waals surface area contributed by atoms with Crippen LogP contribution >= 0.6 is 11.6 Å². The normalized spacial score (nSPS) is 16.6. The number of nitrogens with zero attached hydrogens (tertiary/aromatic N) is 1. The zero-order chi connectivity index (χ0) is 20.0. The van der Waals surface area contributed by atoms with Crippen LogP contribution in [0, 0.1) is 0 Å². The third-order valence-electron chi connectivity index (χ3n) is 4.52. The van der Waals surface area contributed by atoms with Crippen LogP contribution in [0.5, 0.6) is 5.75 Å². The second kappa shape index (κ2) is 13.6. The number of rotatable bonds is 11. The summed E-state index contributed by atoms with van der Waals surface area (Å²) in [6.45, 7) is 8.72. The molecule has 0 radical (unpaired) electrons. The quantitative estimate of drug-likeness (QED) is 0.330. The molecule has 1 aliphatic heterocycles. The third-order valence-corrected chi connectivity index (χ3v) is 4.83. The molecule has 0 aromatic heterocycles. The molecule has 1 fully saturated rings. The van der Waals surface area contributed by atoms with Crippen molar-refractivity contribution in [3.8, 4) is 5.75 Å². The van der Waals surface area contributed by atoms with Gasteiger partial charge in [0, 0.05) is 32.9 Å². The predicted octanol–water partition coefficient (Wildman–Crippen LogP) is 3.64. The fraction of sp³-hybridized carbons (Fsp3) is 0.667. The molecular formula is C21H34ClN3O3. The number of halogens is 1. The van der Waals surface area contributed by atoms with E-state index in [9.17, 15) is 0 Å². The number of hydrogen-bond acceptors (Lipinski definition) is 4. The van der Waals surface area contributed by atoms with E-state index in [1.54, 1.807) is 0 Å². The average Bonchev–Trinajstić information content (AvgIpc) is 2.72. The van der Waals surface area contributed by atoms with Crippen molar-refractivity contribution in [2.24, 2.45) is 4.99 Å². The summed E-state index contributed by atoms with van der Waals surface area (Å²) in [4.78, 5) is 4.67. The van der Waals surface area contributed by atoms with Gasteiger partial charge in [-0.3, -0.25) is 0 Å². The maximum atomic E-state index is 6.19. The Kier molecular flexibility index (Phi) is 11.1. The van der Waals surface area contributed by atoms with Gasteiger partial charge in [0.1, 0.15) is 11.9 Å². The fourth-order valence-corrected chi connectivity index (χ4v) is 3.06. The minimum absolute atomic E-state index is 0.0211. The molecule has 1 aromatic carbocycles. The molecule has 28 heavy (non-hydrogen) atoms. The van der Waals surface area contributed by atoms with Gasteiger partial charge in [0.15, 0.2) is 5.96 Å². The minimum Gasteiger partial charge on any atom is -0.487 e. The van der Waals surface area contributed by atoms with Crippen LogP contribution in [0.3, 0.4) is 0 Å². The highest BCUT2D eigenvalue weighted by atomic mass is 35.5. The van der Waals surface area contributed by atoms with E-state index in [4.69, 9.17) is 25.8 Å². The molecule has 0 saturated carbocycles. The number of aliphatic imine (C=N–C) groups is 1. The summed E-state index contributed by atoms with van der Waals surface area (Å²) >= 11 is 6.19. The highest BCUT2D eigenvalue weighted by Gasteiger charge is 2.13. The lowest BCUT2D eigenvalue weighted by Gasteiger charge is -2.22. The lowest BCUT2D eigenvalue weighted by Crippen LogP contribution is -2.39. The Morgan fingerprint density at radius 3 is 2.75 bits per heavy atom. The van der Waals surface area contributed by atoms with Crippen LogP contribution in [0.2, 0.25) is 5.02 Å². The molecular weight excluding hydrogens is 378 g/mol. The molecule has 0 aliphatic carbocycles. The second-order valence-corrected chi connectivity index (χ2v) is 7.17. The van der Waals surface area contributed by atoms with E-state index >= 15 is 0 Å². The number of ether oxygens (including phenoxy) is 3. The fourth-order valence-electron chi connectivity index (χ4n) is 2.88. The average molecular weight is 412 g/mol. The van der Waals surface area contributed by atoms with E-state index in [0.29, 0.717) is 23.4 Å². The Balaban J connectivity index is 1.72. The summed E-state index contributed by atoms with van der Waals surface area (Å²) in [5.41, 5.74) is 0. The third kappa shape index (κ3) is 8.67. The standard InChI is InChI=1S/C21H34ClN3O3/c1-3-17(28-20-9-6-5-8-19(20)22)16-25-21(23-4-2)24-12-7-13-27-18-10-14-26-15-11-18/h5-6,8-9,17-18H,3-4,7,10-16H2,1-2H3,(H2,23,24,25). The van der Waals surface area contributed by atoms with E-state index < -0.39 is 0 Å². The van der Waals surface area contributed by atoms with E-state index in [0.717, 1.165) is 64.6 Å². The molecule has 1 saturated heterocycles. The van der Waals surface area contributed by atoms with Gasteiger partial charge in [-0.25, -0.2) is 4.99 Å². The largest absolute Gasteiger partial charge is 0.487 e. The Morgan fingerprint density at radius 2 is 2.04 bits per heavy atom. The van der Waals surface area contributed by atoms with Crippen molar-refractivity contribution in [3.63, 3.8) is 0 Å². The zero-order valence-corrected chi connectivity index (χ0v) is 17.8. The van der Waals surface area contributed by atoms with Crippen LogP contribution < -0.4 is 15.4 Å². The lowest BCUT2D eigenvalue weighted by molar-refractivity contribution is -0.0320. The van der Waals surface area contributed by atoms with E-state index in [2.05, 4.69) is 29.5 Å². The van der Waals surface area contributed by atoms with Gasteiger partial charge in [-0.15, -0.1) is 0 Å². The van der Waals surface area contributed by atoms with Crippen molar-refractivity contribution in [3.05, 3.63) is 29.3 Å². The first kappa shape index (κ1) is 22.8. The molecule has 0 amide bonds. The first-order valence-electron chi connectivity index (χ1n) is 10.4. The monoisotopic (exact) mass is 411 g/mol. The zero-order valence-electron chi connectivity index (χ0n) is 17.1. The summed E-state index contributed by atoms with van der Waals surface area (Å²) in [7, 11) is 0. The summed E-state index contributed by atoms with van der Waals surface area (Å²) in [6, 6.07) is 7.54. The van der Waals surface area contributed by atoms with Gasteiger partial charge in [-0.1, -0.05) is 30.7 Å². The molecule has 7 heteroatoms. The summed E-state index contributed by atoms with van der Waals surface area (Å²) in [5.74, 6) is 1.50. The van der Waals surface area contributed by atoms with Crippen LogP contribution in [-0.4, -0.2) is 57.6 Å². The highest BCUT2D eigenvalue weighted by molar-refractivity contribution is 6.32. The van der Waals surface area contributed by atoms with Crippen molar-refractivity contribution in [1.29, 1.82) is 0 Å². The van der Waals surface area contributed by atoms with Crippen LogP contribution in [0.15, 0.2) is 29.3 Å². The molecule has 1 aliphatic rings. The maximum absolute atomic E-state index is 6.19. The van der Waals surface area contributed by atoms with E-state index in [-0.39, 0.29) is 6.10 Å². The summed E-state index contributed by atoms with van der Waals surface area (Å²) < 4.78 is 17.3. The predicted molar refractivity (Wildman–Crippen MR) is 115 cm³/mol. The van der Waals surface area contributed by atoms with Gasteiger partial charge >= 0.3 is 0 Å². The van der Waals surface area contributed by atoms with Gasteiger partial charge in [-0.05, 0) is 44.7 Å². The van der Waals surface area contributed by atoms with Crippen molar-refractivity contribution < 1.29 is 14.2 Å². The van der Waals surface area contributed by atoms with Crippen LogP contribution in [0.25, 0.3) is 0 Å². The van der Waals surface area contributed by atoms with E-state index in [1.807, 2.05) is 24.3 Å². The SMILES string of the molecule is CCNC(=NCC(CC)Oc1ccccc1Cl)NCCCOC1CCOCC1. The molecule has 1 aromatic rings. The van der Waals surface area contributed by atoms with Crippen molar-refractivity contribution in [2.75, 3.05) is 39.5 Å². The van der Waals surface area contributed by atoms with Crippen LogP contribution in [0.1, 0.15) is 39.5 Å². The molecule has 1 heterocycles. The Labute approximate surface area is 174 Å². The van der Waals surface area contributed by atoms with Crippen molar-refractivity contribution in [2.45, 2.75) is 51.7 Å². The summed E-state index contributed by atoms with van der Waals surface area (Å²) in [6.07, 6.45) is 4.13. The van der Waals surface area contributed by atoms with Crippen LogP contribution in [0.4, 0.5) is 0 Å². The van der Waals surface area contributed by atoms with Crippen LogP contribution in [-0.2, 0) is 9.47 Å². The number of guanidine groups is 1. The highest BCUT2D eigenvalue weighted by Crippen LogP contribution is 2.24.